The molecule has 8 nitrogen and oxygen atoms in total. The highest BCUT2D eigenvalue weighted by Crippen LogP contribution is 2.23. The summed E-state index contributed by atoms with van der Waals surface area (Å²) < 4.78 is 5.45. The fourth-order valence-electron chi connectivity index (χ4n) is 3.02. The van der Waals surface area contributed by atoms with Gasteiger partial charge in [0.05, 0.1) is 18.9 Å². The molecule has 0 spiro atoms. The first kappa shape index (κ1) is 18.1. The number of hydrogen-bond donors (Lipinski definition) is 2. The van der Waals surface area contributed by atoms with Crippen molar-refractivity contribution >= 4 is 17.6 Å². The molecule has 8 heteroatoms. The van der Waals surface area contributed by atoms with E-state index in [1.165, 1.54) is 5.56 Å². The van der Waals surface area contributed by atoms with Crippen LogP contribution < -0.4 is 16.0 Å². The van der Waals surface area contributed by atoms with Crippen molar-refractivity contribution in [3.8, 4) is 11.3 Å². The standard InChI is InChI=1S/C20H23N7O/c21-18-2-1-16(14-24-18)17-13-19(23-8-5-15-3-6-22-7-4-15)26-20(25-17)27-9-11-28-12-10-27/h1-4,6-7,13-14H,5,8-12H2,(H2,21,24)(H,23,25,26). The van der Waals surface area contributed by atoms with Gasteiger partial charge in [-0.15, -0.1) is 0 Å². The van der Waals surface area contributed by atoms with Gasteiger partial charge >= 0.3 is 0 Å². The smallest absolute Gasteiger partial charge is 0.228 e. The van der Waals surface area contributed by atoms with Crippen molar-refractivity contribution in [2.45, 2.75) is 6.42 Å². The summed E-state index contributed by atoms with van der Waals surface area (Å²) in [6.45, 7) is 3.69. The van der Waals surface area contributed by atoms with E-state index in [1.54, 1.807) is 12.3 Å². The van der Waals surface area contributed by atoms with Crippen LogP contribution in [0, 0.1) is 0 Å². The van der Waals surface area contributed by atoms with Crippen LogP contribution in [0.5, 0.6) is 0 Å². The fourth-order valence-corrected chi connectivity index (χ4v) is 3.02. The van der Waals surface area contributed by atoms with E-state index in [-0.39, 0.29) is 0 Å². The van der Waals surface area contributed by atoms with Crippen LogP contribution >= 0.6 is 0 Å². The number of nitrogens with one attached hydrogen (secondary N) is 1. The first-order valence-electron chi connectivity index (χ1n) is 9.34. The molecule has 0 aromatic carbocycles. The molecule has 3 aromatic heterocycles. The lowest BCUT2D eigenvalue weighted by atomic mass is 10.2. The van der Waals surface area contributed by atoms with Crippen molar-refractivity contribution in [3.05, 3.63) is 54.5 Å². The van der Waals surface area contributed by atoms with Crippen molar-refractivity contribution in [2.75, 3.05) is 48.8 Å². The van der Waals surface area contributed by atoms with Crippen LogP contribution in [0.15, 0.2) is 48.9 Å². The Hall–Kier alpha value is -3.26. The maximum atomic E-state index is 5.72. The fraction of sp³-hybridized carbons (Fsp3) is 0.300. The highest BCUT2D eigenvalue weighted by atomic mass is 16.5. The molecule has 0 amide bonds. The minimum atomic E-state index is 0.488. The average molecular weight is 377 g/mol. The van der Waals surface area contributed by atoms with E-state index < -0.39 is 0 Å². The van der Waals surface area contributed by atoms with E-state index >= 15 is 0 Å². The van der Waals surface area contributed by atoms with Gasteiger partial charge in [-0.1, -0.05) is 0 Å². The van der Waals surface area contributed by atoms with Gasteiger partial charge in [0, 0.05) is 49.9 Å². The summed E-state index contributed by atoms with van der Waals surface area (Å²) in [5, 5.41) is 3.42. The molecule has 0 radical (unpaired) electrons. The molecule has 3 N–H and O–H groups in total. The molecule has 1 aliphatic rings. The van der Waals surface area contributed by atoms with E-state index in [0.29, 0.717) is 25.0 Å². The molecular weight excluding hydrogens is 354 g/mol. The topological polar surface area (TPSA) is 102 Å². The SMILES string of the molecule is Nc1ccc(-c2cc(NCCc3ccncc3)nc(N3CCOCC3)n2)cn1. The van der Waals surface area contributed by atoms with Gasteiger partial charge in [0.2, 0.25) is 5.95 Å². The Labute approximate surface area is 163 Å². The Morgan fingerprint density at radius 3 is 2.64 bits per heavy atom. The van der Waals surface area contributed by atoms with Crippen LogP contribution in [0.1, 0.15) is 5.56 Å². The summed E-state index contributed by atoms with van der Waals surface area (Å²) in [6, 6.07) is 9.69. The van der Waals surface area contributed by atoms with Crippen LogP contribution in [0.3, 0.4) is 0 Å². The summed E-state index contributed by atoms with van der Waals surface area (Å²) in [5.74, 6) is 1.98. The number of pyridine rings is 2. The van der Waals surface area contributed by atoms with Crippen LogP contribution in [0.25, 0.3) is 11.3 Å². The lowest BCUT2D eigenvalue weighted by Crippen LogP contribution is -2.37. The molecule has 4 heterocycles. The third kappa shape index (κ3) is 4.52. The molecule has 28 heavy (non-hydrogen) atoms. The number of morpholine rings is 1. The number of nitrogens with two attached hydrogens (primary N) is 1. The molecule has 0 atom stereocenters. The normalized spacial score (nSPS) is 14.1. The number of ether oxygens (including phenoxy) is 1. The molecule has 4 rings (SSSR count). The Morgan fingerprint density at radius 2 is 1.89 bits per heavy atom. The van der Waals surface area contributed by atoms with E-state index in [2.05, 4.69) is 20.2 Å². The highest BCUT2D eigenvalue weighted by molar-refractivity contribution is 5.64. The van der Waals surface area contributed by atoms with E-state index in [0.717, 1.165) is 43.1 Å². The largest absolute Gasteiger partial charge is 0.384 e. The summed E-state index contributed by atoms with van der Waals surface area (Å²) >= 11 is 0. The molecule has 0 unspecified atom stereocenters. The molecule has 1 aliphatic heterocycles. The molecule has 144 valence electrons. The average Bonchev–Trinajstić information content (AvgIpc) is 2.75. The van der Waals surface area contributed by atoms with Crippen LogP contribution in [0.2, 0.25) is 0 Å². The zero-order chi connectivity index (χ0) is 19.2. The number of rotatable bonds is 6. The van der Waals surface area contributed by atoms with Crippen molar-refractivity contribution < 1.29 is 4.74 Å². The second-order valence-corrected chi connectivity index (χ2v) is 6.54. The van der Waals surface area contributed by atoms with Crippen molar-refractivity contribution in [1.82, 2.24) is 19.9 Å². The predicted octanol–water partition coefficient (Wildman–Crippen LogP) is 2.01. The number of aromatic nitrogens is 4. The van der Waals surface area contributed by atoms with Gasteiger partial charge in [0.1, 0.15) is 11.6 Å². The third-order valence-electron chi connectivity index (χ3n) is 4.56. The van der Waals surface area contributed by atoms with Gasteiger partial charge in [-0.05, 0) is 36.2 Å². The van der Waals surface area contributed by atoms with E-state index in [4.69, 9.17) is 20.4 Å². The summed E-state index contributed by atoms with van der Waals surface area (Å²) in [4.78, 5) is 19.9. The molecule has 0 aliphatic carbocycles. The van der Waals surface area contributed by atoms with Crippen molar-refractivity contribution in [2.24, 2.45) is 0 Å². The summed E-state index contributed by atoms with van der Waals surface area (Å²) in [6.07, 6.45) is 6.24. The number of hydrogen-bond acceptors (Lipinski definition) is 8. The first-order chi connectivity index (χ1) is 13.8. The second kappa shape index (κ2) is 8.62. The number of nitrogens with zero attached hydrogens (tertiary/aromatic N) is 5. The molecule has 0 bridgehead atoms. The van der Waals surface area contributed by atoms with Crippen LogP contribution in [-0.2, 0) is 11.2 Å². The minimum absolute atomic E-state index is 0.488. The van der Waals surface area contributed by atoms with Crippen LogP contribution in [0.4, 0.5) is 17.6 Å². The summed E-state index contributed by atoms with van der Waals surface area (Å²) in [7, 11) is 0. The monoisotopic (exact) mass is 377 g/mol. The van der Waals surface area contributed by atoms with E-state index in [1.807, 2.05) is 36.7 Å². The Morgan fingerprint density at radius 1 is 1.07 bits per heavy atom. The molecule has 0 saturated carbocycles. The Balaban J connectivity index is 1.56. The number of anilines is 3. The van der Waals surface area contributed by atoms with Gasteiger partial charge in [-0.2, -0.15) is 4.98 Å². The van der Waals surface area contributed by atoms with Gasteiger partial charge in [0.15, 0.2) is 0 Å². The van der Waals surface area contributed by atoms with Gasteiger partial charge in [-0.3, -0.25) is 4.98 Å². The Kier molecular flexibility index (Phi) is 5.58. The van der Waals surface area contributed by atoms with Gasteiger partial charge in [0.25, 0.3) is 0 Å². The number of nitrogen functional groups attached to an aromatic ring is 1. The maximum absolute atomic E-state index is 5.72. The Bertz CT molecular complexity index is 896. The van der Waals surface area contributed by atoms with Gasteiger partial charge in [-0.25, -0.2) is 9.97 Å². The summed E-state index contributed by atoms with van der Waals surface area (Å²) in [5.41, 5.74) is 8.67. The zero-order valence-electron chi connectivity index (χ0n) is 15.6. The minimum Gasteiger partial charge on any atom is -0.384 e. The third-order valence-corrected chi connectivity index (χ3v) is 4.56. The molecule has 1 saturated heterocycles. The second-order valence-electron chi connectivity index (χ2n) is 6.54. The lowest BCUT2D eigenvalue weighted by Gasteiger charge is -2.27. The predicted molar refractivity (Wildman–Crippen MR) is 109 cm³/mol. The quantitative estimate of drug-likeness (QED) is 0.673. The maximum Gasteiger partial charge on any atom is 0.228 e. The van der Waals surface area contributed by atoms with Crippen LogP contribution in [-0.4, -0.2) is 52.8 Å². The van der Waals surface area contributed by atoms with Gasteiger partial charge < -0.3 is 20.7 Å². The van der Waals surface area contributed by atoms with E-state index in [9.17, 15) is 0 Å². The molecule has 1 fully saturated rings. The van der Waals surface area contributed by atoms with Crippen molar-refractivity contribution in [1.29, 1.82) is 0 Å². The van der Waals surface area contributed by atoms with Crippen molar-refractivity contribution in [3.63, 3.8) is 0 Å². The lowest BCUT2D eigenvalue weighted by molar-refractivity contribution is 0.122. The molecule has 3 aromatic rings. The zero-order valence-corrected chi connectivity index (χ0v) is 15.6. The molecular formula is C20H23N7O. The first-order valence-corrected chi connectivity index (χ1v) is 9.34. The highest BCUT2D eigenvalue weighted by Gasteiger charge is 2.16.